The second-order valence-electron chi connectivity index (χ2n) is 4.79. The molecule has 2 aromatic rings. The van der Waals surface area contributed by atoms with Gasteiger partial charge in [0.2, 0.25) is 0 Å². The summed E-state index contributed by atoms with van der Waals surface area (Å²) in [5.41, 5.74) is 2.36. The van der Waals surface area contributed by atoms with Gasteiger partial charge in [-0.2, -0.15) is 0 Å². The van der Waals surface area contributed by atoms with E-state index in [4.69, 9.17) is 4.98 Å². The summed E-state index contributed by atoms with van der Waals surface area (Å²) in [5.74, 6) is 1.18. The molecule has 1 unspecified atom stereocenters. The number of benzene rings is 1. The molecular weight excluding hydrogens is 222 g/mol. The van der Waals surface area contributed by atoms with E-state index in [2.05, 4.69) is 54.9 Å². The van der Waals surface area contributed by atoms with Gasteiger partial charge in [0.05, 0.1) is 11.0 Å². The van der Waals surface area contributed by atoms with E-state index >= 15 is 0 Å². The van der Waals surface area contributed by atoms with Crippen LogP contribution >= 0.6 is 0 Å². The summed E-state index contributed by atoms with van der Waals surface area (Å²) >= 11 is 0. The third-order valence-corrected chi connectivity index (χ3v) is 3.29. The fourth-order valence-electron chi connectivity index (χ4n) is 2.41. The predicted molar refractivity (Wildman–Crippen MR) is 77.0 cm³/mol. The molecule has 1 aromatic heterocycles. The van der Waals surface area contributed by atoms with Crippen molar-refractivity contribution in [2.45, 2.75) is 39.7 Å². The van der Waals surface area contributed by atoms with Gasteiger partial charge in [-0.05, 0) is 32.0 Å². The van der Waals surface area contributed by atoms with E-state index in [0.717, 1.165) is 25.0 Å². The van der Waals surface area contributed by atoms with Crippen LogP contribution in [0.15, 0.2) is 24.3 Å². The topological polar surface area (TPSA) is 29.9 Å². The molecule has 18 heavy (non-hydrogen) atoms. The van der Waals surface area contributed by atoms with Crippen LogP contribution in [0.25, 0.3) is 11.0 Å². The molecule has 0 spiro atoms. The average Bonchev–Trinajstić information content (AvgIpc) is 2.77. The Balaban J connectivity index is 2.29. The van der Waals surface area contributed by atoms with Crippen molar-refractivity contribution in [2.75, 3.05) is 13.1 Å². The minimum atomic E-state index is 0.443. The smallest absolute Gasteiger partial charge is 0.109 e. The van der Waals surface area contributed by atoms with Gasteiger partial charge < -0.3 is 9.88 Å². The molecule has 0 saturated heterocycles. The molecule has 0 aliphatic rings. The zero-order valence-corrected chi connectivity index (χ0v) is 11.6. The van der Waals surface area contributed by atoms with Crippen LogP contribution < -0.4 is 5.32 Å². The average molecular weight is 245 g/mol. The van der Waals surface area contributed by atoms with Crippen LogP contribution in [0.1, 0.15) is 39.1 Å². The van der Waals surface area contributed by atoms with Gasteiger partial charge in [0, 0.05) is 19.0 Å². The van der Waals surface area contributed by atoms with Gasteiger partial charge >= 0.3 is 0 Å². The maximum Gasteiger partial charge on any atom is 0.109 e. The highest BCUT2D eigenvalue weighted by Gasteiger charge is 2.13. The Bertz CT molecular complexity index is 501. The van der Waals surface area contributed by atoms with E-state index in [1.807, 2.05) is 0 Å². The van der Waals surface area contributed by atoms with E-state index in [1.54, 1.807) is 0 Å². The number of fused-ring (bicyclic) bond motifs is 1. The number of hydrogen-bond acceptors (Lipinski definition) is 2. The molecule has 1 aromatic carbocycles. The molecule has 0 radical (unpaired) electrons. The standard InChI is InChI=1S/C15H23N3/c1-4-10-16-11-12(3)18-14-9-7-6-8-13(14)17-15(18)5-2/h6-9,12,16H,4-5,10-11H2,1-3H3. The van der Waals surface area contributed by atoms with Crippen LogP contribution in [0, 0.1) is 0 Å². The molecule has 0 aliphatic heterocycles. The molecule has 0 aliphatic carbocycles. The summed E-state index contributed by atoms with van der Waals surface area (Å²) in [7, 11) is 0. The molecule has 1 atom stereocenters. The maximum atomic E-state index is 4.72. The number of nitrogens with one attached hydrogen (secondary N) is 1. The Morgan fingerprint density at radius 1 is 1.28 bits per heavy atom. The Morgan fingerprint density at radius 3 is 2.78 bits per heavy atom. The van der Waals surface area contributed by atoms with E-state index in [-0.39, 0.29) is 0 Å². The maximum absolute atomic E-state index is 4.72. The molecule has 0 bridgehead atoms. The molecule has 0 fully saturated rings. The summed E-state index contributed by atoms with van der Waals surface area (Å²) in [6.07, 6.45) is 2.16. The summed E-state index contributed by atoms with van der Waals surface area (Å²) < 4.78 is 2.37. The molecule has 0 amide bonds. The Labute approximate surface area is 109 Å². The summed E-state index contributed by atoms with van der Waals surface area (Å²) in [5, 5.41) is 3.49. The number of para-hydroxylation sites is 2. The minimum absolute atomic E-state index is 0.443. The van der Waals surface area contributed by atoms with E-state index in [1.165, 1.54) is 17.8 Å². The Morgan fingerprint density at radius 2 is 2.06 bits per heavy atom. The molecule has 3 heteroatoms. The number of nitrogens with zero attached hydrogens (tertiary/aromatic N) is 2. The minimum Gasteiger partial charge on any atom is -0.324 e. The number of imidazole rings is 1. The van der Waals surface area contributed by atoms with E-state index in [0.29, 0.717) is 6.04 Å². The van der Waals surface area contributed by atoms with Crippen molar-refractivity contribution in [3.63, 3.8) is 0 Å². The Hall–Kier alpha value is -1.35. The second-order valence-corrected chi connectivity index (χ2v) is 4.79. The summed E-state index contributed by atoms with van der Waals surface area (Å²) in [6, 6.07) is 8.85. The lowest BCUT2D eigenvalue weighted by Gasteiger charge is -2.17. The molecule has 2 rings (SSSR count). The van der Waals surface area contributed by atoms with Crippen LogP contribution in [0.3, 0.4) is 0 Å². The van der Waals surface area contributed by atoms with Gasteiger partial charge in [0.15, 0.2) is 0 Å². The van der Waals surface area contributed by atoms with Gasteiger partial charge in [-0.1, -0.05) is 26.0 Å². The zero-order chi connectivity index (χ0) is 13.0. The first-order valence-electron chi connectivity index (χ1n) is 6.94. The zero-order valence-electron chi connectivity index (χ0n) is 11.6. The van der Waals surface area contributed by atoms with Crippen LogP contribution in [-0.4, -0.2) is 22.6 Å². The van der Waals surface area contributed by atoms with Gasteiger partial charge in [0.1, 0.15) is 5.82 Å². The van der Waals surface area contributed by atoms with Crippen molar-refractivity contribution in [1.29, 1.82) is 0 Å². The molecule has 3 nitrogen and oxygen atoms in total. The highest BCUT2D eigenvalue weighted by molar-refractivity contribution is 5.76. The molecule has 0 saturated carbocycles. The van der Waals surface area contributed by atoms with Gasteiger partial charge in [0.25, 0.3) is 0 Å². The molecular formula is C15H23N3. The van der Waals surface area contributed by atoms with Crippen molar-refractivity contribution in [1.82, 2.24) is 14.9 Å². The van der Waals surface area contributed by atoms with Gasteiger partial charge in [-0.15, -0.1) is 0 Å². The van der Waals surface area contributed by atoms with Crippen LogP contribution in [-0.2, 0) is 6.42 Å². The normalized spacial score (nSPS) is 13.1. The lowest BCUT2D eigenvalue weighted by molar-refractivity contribution is 0.490. The summed E-state index contributed by atoms with van der Waals surface area (Å²) in [4.78, 5) is 4.72. The second kappa shape index (κ2) is 6.01. The number of rotatable bonds is 6. The fraction of sp³-hybridized carbons (Fsp3) is 0.533. The largest absolute Gasteiger partial charge is 0.324 e. The van der Waals surface area contributed by atoms with Crippen molar-refractivity contribution in [3.8, 4) is 0 Å². The van der Waals surface area contributed by atoms with Crippen molar-refractivity contribution in [3.05, 3.63) is 30.1 Å². The number of aromatic nitrogens is 2. The highest BCUT2D eigenvalue weighted by Crippen LogP contribution is 2.21. The third-order valence-electron chi connectivity index (χ3n) is 3.29. The monoisotopic (exact) mass is 245 g/mol. The van der Waals surface area contributed by atoms with Crippen LogP contribution in [0.4, 0.5) is 0 Å². The van der Waals surface area contributed by atoms with Crippen LogP contribution in [0.5, 0.6) is 0 Å². The summed E-state index contributed by atoms with van der Waals surface area (Å²) in [6.45, 7) is 8.71. The third kappa shape index (κ3) is 2.56. The lowest BCUT2D eigenvalue weighted by atomic mass is 10.2. The van der Waals surface area contributed by atoms with Crippen LogP contribution in [0.2, 0.25) is 0 Å². The van der Waals surface area contributed by atoms with E-state index in [9.17, 15) is 0 Å². The highest BCUT2D eigenvalue weighted by atomic mass is 15.1. The Kier molecular flexibility index (Phi) is 4.37. The van der Waals surface area contributed by atoms with Gasteiger partial charge in [-0.3, -0.25) is 0 Å². The fourth-order valence-corrected chi connectivity index (χ4v) is 2.41. The molecule has 1 N–H and O–H groups in total. The quantitative estimate of drug-likeness (QED) is 0.792. The first-order valence-corrected chi connectivity index (χ1v) is 6.94. The van der Waals surface area contributed by atoms with Crippen molar-refractivity contribution >= 4 is 11.0 Å². The number of aryl methyl sites for hydroxylation is 1. The van der Waals surface area contributed by atoms with Crippen molar-refractivity contribution < 1.29 is 0 Å². The first-order chi connectivity index (χ1) is 8.77. The lowest BCUT2D eigenvalue weighted by Crippen LogP contribution is -2.25. The predicted octanol–water partition coefficient (Wildman–Crippen LogP) is 3.16. The SMILES string of the molecule is CCCNCC(C)n1c(CC)nc2ccccc21. The molecule has 1 heterocycles. The first kappa shape index (κ1) is 13.1. The van der Waals surface area contributed by atoms with E-state index < -0.39 is 0 Å². The number of hydrogen-bond donors (Lipinski definition) is 1. The van der Waals surface area contributed by atoms with Gasteiger partial charge in [-0.25, -0.2) is 4.98 Å². The van der Waals surface area contributed by atoms with Crippen molar-refractivity contribution in [2.24, 2.45) is 0 Å². The molecule has 98 valence electrons.